The topological polar surface area (TPSA) is 9.86 Å². The van der Waals surface area contributed by atoms with Gasteiger partial charge in [-0.25, -0.2) is 0 Å². The second-order valence-corrected chi connectivity index (χ2v) is 11.9. The van der Waals surface area contributed by atoms with Crippen molar-refractivity contribution < 1.29 is 0 Å². The molecule has 0 unspecified atom stereocenters. The summed E-state index contributed by atoms with van der Waals surface area (Å²) in [7, 11) is 2.14. The fourth-order valence-electron chi connectivity index (χ4n) is 6.99. The maximum Gasteiger partial charge on any atom is 0.139 e. The van der Waals surface area contributed by atoms with Gasteiger partial charge in [-0.15, -0.1) is 0 Å². The zero-order valence-corrected chi connectivity index (χ0v) is 25.0. The quantitative estimate of drug-likeness (QED) is 0.186. The molecule has 9 aromatic rings. The standard InChI is InChI=1S/C42H29BN2/c43-32-18-20-34(21-19-32)45-39-14-8-7-13-35(39)36-26-30(16-23-40(36)45)31-17-24-42-38(27-31)37-25-29(28-9-3-1-4-10-28)15-22-41(37)44(42)33-11-5-2-6-12-33/h1-27H,43H2. The molecule has 0 atom stereocenters. The van der Waals surface area contributed by atoms with Crippen molar-refractivity contribution in [3.63, 3.8) is 0 Å². The van der Waals surface area contributed by atoms with Gasteiger partial charge in [-0.3, -0.25) is 0 Å². The van der Waals surface area contributed by atoms with Crippen molar-refractivity contribution in [3.8, 4) is 33.6 Å². The van der Waals surface area contributed by atoms with Gasteiger partial charge in [0.25, 0.3) is 0 Å². The van der Waals surface area contributed by atoms with Crippen LogP contribution in [0.1, 0.15) is 0 Å². The number of hydrogen-bond donors (Lipinski definition) is 0. The summed E-state index contributed by atoms with van der Waals surface area (Å²) < 4.78 is 4.78. The van der Waals surface area contributed by atoms with E-state index in [1.54, 1.807) is 0 Å². The van der Waals surface area contributed by atoms with E-state index in [1.807, 2.05) is 0 Å². The molecule has 0 spiro atoms. The molecule has 9 rings (SSSR count). The Hall–Kier alpha value is -5.80. The third-order valence-corrected chi connectivity index (χ3v) is 9.18. The summed E-state index contributed by atoms with van der Waals surface area (Å²) >= 11 is 0. The first-order chi connectivity index (χ1) is 22.2. The first-order valence-electron chi connectivity index (χ1n) is 15.5. The Morgan fingerprint density at radius 3 is 1.31 bits per heavy atom. The van der Waals surface area contributed by atoms with Crippen molar-refractivity contribution in [1.82, 2.24) is 9.13 Å². The predicted octanol–water partition coefficient (Wildman–Crippen LogP) is 9.47. The lowest BCUT2D eigenvalue weighted by molar-refractivity contribution is 1.18. The highest BCUT2D eigenvalue weighted by molar-refractivity contribution is 6.32. The summed E-state index contributed by atoms with van der Waals surface area (Å²) in [5.74, 6) is 0. The fourth-order valence-corrected chi connectivity index (χ4v) is 6.99. The van der Waals surface area contributed by atoms with E-state index in [0.29, 0.717) is 0 Å². The largest absolute Gasteiger partial charge is 0.309 e. The van der Waals surface area contributed by atoms with Crippen LogP contribution in [0.4, 0.5) is 0 Å². The van der Waals surface area contributed by atoms with Crippen molar-refractivity contribution in [2.24, 2.45) is 0 Å². The normalized spacial score (nSPS) is 11.6. The van der Waals surface area contributed by atoms with Crippen LogP contribution in [0.3, 0.4) is 0 Å². The van der Waals surface area contributed by atoms with Gasteiger partial charge >= 0.3 is 0 Å². The number of hydrogen-bond acceptors (Lipinski definition) is 0. The molecule has 0 saturated carbocycles. The Labute approximate surface area is 262 Å². The van der Waals surface area contributed by atoms with Crippen LogP contribution in [0, 0.1) is 0 Å². The van der Waals surface area contributed by atoms with Crippen LogP contribution >= 0.6 is 0 Å². The van der Waals surface area contributed by atoms with Gasteiger partial charge in [0.1, 0.15) is 7.85 Å². The third kappa shape index (κ3) is 4.12. The molecule has 0 radical (unpaired) electrons. The molecule has 210 valence electrons. The molecule has 0 aliphatic heterocycles. The van der Waals surface area contributed by atoms with E-state index in [2.05, 4.69) is 181 Å². The van der Waals surface area contributed by atoms with Crippen LogP contribution in [0.2, 0.25) is 0 Å². The van der Waals surface area contributed by atoms with Crippen molar-refractivity contribution in [1.29, 1.82) is 0 Å². The predicted molar refractivity (Wildman–Crippen MR) is 194 cm³/mol. The molecule has 2 nitrogen and oxygen atoms in total. The van der Waals surface area contributed by atoms with Gasteiger partial charge in [0.05, 0.1) is 22.1 Å². The summed E-state index contributed by atoms with van der Waals surface area (Å²) in [6, 6.07) is 59.7. The lowest BCUT2D eigenvalue weighted by atomic mass is 9.96. The smallest absolute Gasteiger partial charge is 0.139 e. The minimum Gasteiger partial charge on any atom is -0.309 e. The molecule has 0 bridgehead atoms. The van der Waals surface area contributed by atoms with Gasteiger partial charge in [-0.1, -0.05) is 103 Å². The number of benzene rings is 7. The van der Waals surface area contributed by atoms with E-state index < -0.39 is 0 Å². The van der Waals surface area contributed by atoms with Gasteiger partial charge in [0, 0.05) is 32.9 Å². The number of nitrogens with zero attached hydrogens (tertiary/aromatic N) is 2. The van der Waals surface area contributed by atoms with Gasteiger partial charge in [-0.05, 0) is 89.0 Å². The minimum atomic E-state index is 1.17. The van der Waals surface area contributed by atoms with Crippen LogP contribution in [-0.2, 0) is 0 Å². The van der Waals surface area contributed by atoms with Gasteiger partial charge in [0.2, 0.25) is 0 Å². The van der Waals surface area contributed by atoms with Gasteiger partial charge in [-0.2, -0.15) is 0 Å². The number of fused-ring (bicyclic) bond motifs is 6. The molecule has 0 N–H and O–H groups in total. The molecule has 0 aliphatic rings. The van der Waals surface area contributed by atoms with Crippen molar-refractivity contribution in [2.45, 2.75) is 0 Å². The molecule has 2 aromatic heterocycles. The van der Waals surface area contributed by atoms with Crippen molar-refractivity contribution in [3.05, 3.63) is 164 Å². The Morgan fingerprint density at radius 1 is 0.311 bits per heavy atom. The highest BCUT2D eigenvalue weighted by Gasteiger charge is 2.16. The van der Waals surface area contributed by atoms with Crippen molar-refractivity contribution in [2.75, 3.05) is 0 Å². The zero-order valence-electron chi connectivity index (χ0n) is 25.0. The molecular weight excluding hydrogens is 543 g/mol. The maximum atomic E-state index is 2.39. The summed E-state index contributed by atoms with van der Waals surface area (Å²) in [6.45, 7) is 0. The Morgan fingerprint density at radius 2 is 0.733 bits per heavy atom. The van der Waals surface area contributed by atoms with E-state index in [4.69, 9.17) is 0 Å². The molecule has 0 saturated heterocycles. The number of rotatable bonds is 4. The summed E-state index contributed by atoms with van der Waals surface area (Å²) in [5.41, 5.74) is 13.4. The average molecular weight is 573 g/mol. The van der Waals surface area contributed by atoms with E-state index in [1.165, 1.54) is 82.7 Å². The number of aromatic nitrogens is 2. The van der Waals surface area contributed by atoms with Gasteiger partial charge in [0.15, 0.2) is 0 Å². The van der Waals surface area contributed by atoms with Crippen LogP contribution in [0.15, 0.2) is 164 Å². The summed E-state index contributed by atoms with van der Waals surface area (Å²) in [5, 5.41) is 5.05. The van der Waals surface area contributed by atoms with Crippen LogP contribution < -0.4 is 5.46 Å². The first-order valence-corrected chi connectivity index (χ1v) is 15.5. The molecule has 0 aliphatic carbocycles. The molecular formula is C42H29BN2. The Kier molecular flexibility index (Phi) is 5.79. The van der Waals surface area contributed by atoms with E-state index in [0.717, 1.165) is 0 Å². The Bertz CT molecular complexity index is 2520. The molecule has 0 amide bonds. The van der Waals surface area contributed by atoms with Crippen LogP contribution in [0.25, 0.3) is 77.2 Å². The second kappa shape index (κ2) is 10.1. The van der Waals surface area contributed by atoms with Gasteiger partial charge < -0.3 is 9.13 Å². The summed E-state index contributed by atoms with van der Waals surface area (Å²) in [6.07, 6.45) is 0. The summed E-state index contributed by atoms with van der Waals surface area (Å²) in [4.78, 5) is 0. The van der Waals surface area contributed by atoms with Crippen LogP contribution in [0.5, 0.6) is 0 Å². The number of para-hydroxylation sites is 2. The minimum absolute atomic E-state index is 1.17. The second-order valence-electron chi connectivity index (χ2n) is 11.9. The highest BCUT2D eigenvalue weighted by Crippen LogP contribution is 2.39. The average Bonchev–Trinajstić information content (AvgIpc) is 3.61. The monoisotopic (exact) mass is 572 g/mol. The van der Waals surface area contributed by atoms with Crippen molar-refractivity contribution >= 4 is 56.9 Å². The van der Waals surface area contributed by atoms with Crippen LogP contribution in [-0.4, -0.2) is 17.0 Å². The Balaban J connectivity index is 1.27. The molecule has 45 heavy (non-hydrogen) atoms. The van der Waals surface area contributed by atoms with E-state index in [9.17, 15) is 0 Å². The van der Waals surface area contributed by atoms with E-state index >= 15 is 0 Å². The lowest BCUT2D eigenvalue weighted by Gasteiger charge is -2.09. The lowest BCUT2D eigenvalue weighted by Crippen LogP contribution is -2.02. The molecule has 7 aromatic carbocycles. The third-order valence-electron chi connectivity index (χ3n) is 9.18. The fraction of sp³-hybridized carbons (Fsp3) is 0. The highest BCUT2D eigenvalue weighted by atomic mass is 15.0. The SMILES string of the molecule is Bc1ccc(-n2c3ccccc3c3cc(-c4ccc5c(c4)c4cc(-c6ccccc6)ccc4n5-c4ccccc4)ccc32)cc1. The molecule has 2 heterocycles. The molecule has 0 fully saturated rings. The van der Waals surface area contributed by atoms with E-state index in [-0.39, 0.29) is 0 Å². The maximum absolute atomic E-state index is 2.39. The molecule has 3 heteroatoms. The first kappa shape index (κ1) is 25.7. The zero-order chi connectivity index (χ0) is 29.9.